The highest BCUT2D eigenvalue weighted by Gasteiger charge is 2.58. The molecule has 0 amide bonds. The van der Waals surface area contributed by atoms with E-state index in [0.717, 1.165) is 0 Å². The molecule has 4 atom stereocenters. The van der Waals surface area contributed by atoms with E-state index in [1.165, 1.54) is 33.0 Å². The number of ketones is 1. The van der Waals surface area contributed by atoms with Crippen molar-refractivity contribution in [3.63, 3.8) is 0 Å². The fourth-order valence-electron chi connectivity index (χ4n) is 5.23. The lowest BCUT2D eigenvalue weighted by Crippen LogP contribution is -2.62. The molecule has 2 aromatic heterocycles. The molecule has 1 aliphatic carbocycles. The molecule has 1 fully saturated rings. The second-order valence-electron chi connectivity index (χ2n) is 9.78. The molecule has 1 saturated carbocycles. The van der Waals surface area contributed by atoms with Crippen LogP contribution in [0.2, 0.25) is 0 Å². The van der Waals surface area contributed by atoms with Gasteiger partial charge in [0.25, 0.3) is 0 Å². The standard InChI is InChI=1S/C27H29NO10/c1-14(29)34-12-19(13-35-15(2)30)18-8-20-25(32)24-22(38-27(20,4)23(9-18)36-16(3)31)10-21(37-26(24)33)17-6-5-7-28-11-17/h5-7,10-11,18-20,23H,8-9,12-13H2,1-4H3/t18-,20-,23-,27-/m0/s1. The number of fused-ring (bicyclic) bond motifs is 2. The number of ether oxygens (including phenoxy) is 4. The summed E-state index contributed by atoms with van der Waals surface area (Å²) in [6.07, 6.45) is 2.67. The SMILES string of the molecule is CC(=O)OCC(COC(C)=O)[C@@H]1C[C@H](OC(C)=O)[C@@]2(C)Oc3cc(-c4cccnc4)oc(=O)c3C(=O)[C@@H]2C1. The van der Waals surface area contributed by atoms with Gasteiger partial charge in [-0.2, -0.15) is 0 Å². The fourth-order valence-corrected chi connectivity index (χ4v) is 5.23. The van der Waals surface area contributed by atoms with Crippen LogP contribution in [-0.4, -0.2) is 53.6 Å². The maximum Gasteiger partial charge on any atom is 0.351 e. The molecule has 38 heavy (non-hydrogen) atoms. The van der Waals surface area contributed by atoms with Gasteiger partial charge in [-0.25, -0.2) is 4.79 Å². The second-order valence-corrected chi connectivity index (χ2v) is 9.78. The number of carbonyl (C=O) groups excluding carboxylic acids is 4. The van der Waals surface area contributed by atoms with E-state index in [1.54, 1.807) is 25.3 Å². The van der Waals surface area contributed by atoms with Crippen LogP contribution < -0.4 is 10.4 Å². The molecule has 4 rings (SSSR count). The maximum absolute atomic E-state index is 13.8. The molecule has 0 unspecified atom stereocenters. The van der Waals surface area contributed by atoms with Gasteiger partial charge in [-0.05, 0) is 37.8 Å². The minimum Gasteiger partial charge on any atom is -0.482 e. The second kappa shape index (κ2) is 10.8. The van der Waals surface area contributed by atoms with Crippen LogP contribution in [0.3, 0.4) is 0 Å². The third-order valence-corrected chi connectivity index (χ3v) is 7.12. The zero-order chi connectivity index (χ0) is 27.6. The van der Waals surface area contributed by atoms with Crippen LogP contribution in [-0.2, 0) is 28.6 Å². The Bertz CT molecular complexity index is 1280. The van der Waals surface area contributed by atoms with E-state index in [1.807, 2.05) is 0 Å². The summed E-state index contributed by atoms with van der Waals surface area (Å²) < 4.78 is 27.8. The Morgan fingerprint density at radius 2 is 1.76 bits per heavy atom. The van der Waals surface area contributed by atoms with Gasteiger partial charge in [0.1, 0.15) is 23.2 Å². The molecule has 11 nitrogen and oxygen atoms in total. The van der Waals surface area contributed by atoms with Crippen molar-refractivity contribution < 1.29 is 42.5 Å². The zero-order valence-corrected chi connectivity index (χ0v) is 21.6. The first kappa shape index (κ1) is 27.0. The van der Waals surface area contributed by atoms with E-state index in [2.05, 4.69) is 4.98 Å². The molecular formula is C27H29NO10. The van der Waals surface area contributed by atoms with Crippen molar-refractivity contribution in [3.8, 4) is 17.1 Å². The summed E-state index contributed by atoms with van der Waals surface area (Å²) in [6, 6.07) is 4.85. The van der Waals surface area contributed by atoms with Crippen molar-refractivity contribution in [2.75, 3.05) is 13.2 Å². The van der Waals surface area contributed by atoms with E-state index < -0.39 is 52.9 Å². The number of Topliss-reactive ketones (excluding diaryl/α,β-unsaturated/α-hetero) is 1. The topological polar surface area (TPSA) is 148 Å². The number of hydrogen-bond acceptors (Lipinski definition) is 11. The van der Waals surface area contributed by atoms with Crippen LogP contribution >= 0.6 is 0 Å². The van der Waals surface area contributed by atoms with Gasteiger partial charge in [-0.15, -0.1) is 0 Å². The van der Waals surface area contributed by atoms with E-state index in [4.69, 9.17) is 23.4 Å². The van der Waals surface area contributed by atoms with Gasteiger partial charge in [0.2, 0.25) is 0 Å². The molecule has 0 spiro atoms. The largest absolute Gasteiger partial charge is 0.482 e. The minimum atomic E-state index is -1.29. The first-order valence-electron chi connectivity index (χ1n) is 12.2. The molecule has 0 aromatic carbocycles. The van der Waals surface area contributed by atoms with Gasteiger partial charge in [0.15, 0.2) is 11.4 Å². The summed E-state index contributed by atoms with van der Waals surface area (Å²) in [4.78, 5) is 65.9. The van der Waals surface area contributed by atoms with Crippen LogP contribution in [0, 0.1) is 17.8 Å². The average Bonchev–Trinajstić information content (AvgIpc) is 2.84. The van der Waals surface area contributed by atoms with Crippen molar-refractivity contribution in [2.24, 2.45) is 17.8 Å². The Morgan fingerprint density at radius 1 is 1.08 bits per heavy atom. The van der Waals surface area contributed by atoms with Crippen molar-refractivity contribution in [1.82, 2.24) is 4.98 Å². The van der Waals surface area contributed by atoms with Crippen LogP contribution in [0.15, 0.2) is 39.8 Å². The average molecular weight is 528 g/mol. The van der Waals surface area contributed by atoms with Gasteiger partial charge in [0.05, 0.1) is 19.1 Å². The Hall–Kier alpha value is -4.02. The van der Waals surface area contributed by atoms with Gasteiger partial charge < -0.3 is 23.4 Å². The third kappa shape index (κ3) is 5.46. The highest BCUT2D eigenvalue weighted by atomic mass is 16.6. The zero-order valence-electron chi connectivity index (χ0n) is 21.6. The summed E-state index contributed by atoms with van der Waals surface area (Å²) in [6.45, 7) is 5.32. The van der Waals surface area contributed by atoms with Crippen molar-refractivity contribution in [3.05, 3.63) is 46.6 Å². The number of aromatic nitrogens is 1. The smallest absolute Gasteiger partial charge is 0.351 e. The number of esters is 3. The minimum absolute atomic E-state index is 0.0378. The molecule has 0 radical (unpaired) electrons. The fraction of sp³-hybridized carbons (Fsp3) is 0.481. The molecular weight excluding hydrogens is 498 g/mol. The van der Waals surface area contributed by atoms with E-state index in [-0.39, 0.29) is 49.0 Å². The summed E-state index contributed by atoms with van der Waals surface area (Å²) in [5, 5.41) is 0. The maximum atomic E-state index is 13.8. The summed E-state index contributed by atoms with van der Waals surface area (Å²) in [7, 11) is 0. The number of hydrogen-bond donors (Lipinski definition) is 0. The van der Waals surface area contributed by atoms with E-state index >= 15 is 0 Å². The first-order valence-corrected chi connectivity index (χ1v) is 12.2. The molecule has 202 valence electrons. The summed E-state index contributed by atoms with van der Waals surface area (Å²) in [5.74, 6) is -3.61. The Kier molecular flexibility index (Phi) is 7.66. The van der Waals surface area contributed by atoms with Crippen molar-refractivity contribution >= 4 is 23.7 Å². The molecule has 0 bridgehead atoms. The van der Waals surface area contributed by atoms with Gasteiger partial charge in [-0.1, -0.05) is 0 Å². The number of nitrogens with zero attached hydrogens (tertiary/aromatic N) is 1. The Labute approximate surface area is 218 Å². The Morgan fingerprint density at radius 3 is 2.34 bits per heavy atom. The van der Waals surface area contributed by atoms with E-state index in [9.17, 15) is 24.0 Å². The molecule has 3 heterocycles. The first-order chi connectivity index (χ1) is 18.0. The quantitative estimate of drug-likeness (QED) is 0.386. The normalized spacial score (nSPS) is 24.0. The monoisotopic (exact) mass is 527 g/mol. The van der Waals surface area contributed by atoms with Gasteiger partial charge >= 0.3 is 23.5 Å². The number of pyridine rings is 1. The highest BCUT2D eigenvalue weighted by Crippen LogP contribution is 2.49. The Balaban J connectivity index is 1.73. The predicted molar refractivity (Wildman–Crippen MR) is 130 cm³/mol. The molecule has 0 N–H and O–H groups in total. The highest BCUT2D eigenvalue weighted by molar-refractivity contribution is 6.02. The van der Waals surface area contributed by atoms with Crippen LogP contribution in [0.5, 0.6) is 5.75 Å². The molecule has 0 saturated heterocycles. The third-order valence-electron chi connectivity index (χ3n) is 7.12. The summed E-state index contributed by atoms with van der Waals surface area (Å²) >= 11 is 0. The number of rotatable bonds is 7. The summed E-state index contributed by atoms with van der Waals surface area (Å²) in [5.41, 5.74) is -1.84. The van der Waals surface area contributed by atoms with Crippen LogP contribution in [0.25, 0.3) is 11.3 Å². The molecule has 11 heteroatoms. The van der Waals surface area contributed by atoms with Crippen LogP contribution in [0.1, 0.15) is 50.9 Å². The lowest BCUT2D eigenvalue weighted by molar-refractivity contribution is -0.176. The molecule has 2 aromatic rings. The van der Waals surface area contributed by atoms with Gasteiger partial charge in [0, 0.05) is 50.7 Å². The van der Waals surface area contributed by atoms with Gasteiger partial charge in [-0.3, -0.25) is 24.2 Å². The van der Waals surface area contributed by atoms with Crippen LogP contribution in [0.4, 0.5) is 0 Å². The lowest BCUT2D eigenvalue weighted by atomic mass is 9.63. The van der Waals surface area contributed by atoms with Crippen molar-refractivity contribution in [2.45, 2.75) is 52.2 Å². The predicted octanol–water partition coefficient (Wildman–Crippen LogP) is 2.74. The molecule has 2 aliphatic rings. The lowest BCUT2D eigenvalue weighted by Gasteiger charge is -2.51. The van der Waals surface area contributed by atoms with Crippen molar-refractivity contribution in [1.29, 1.82) is 0 Å². The molecule has 1 aliphatic heterocycles. The number of carbonyl (C=O) groups is 4. The van der Waals surface area contributed by atoms with E-state index in [0.29, 0.717) is 5.56 Å².